The molecular weight excluding hydrogens is 446 g/mol. The van der Waals surface area contributed by atoms with Crippen molar-refractivity contribution >= 4 is 11.8 Å². The predicted octanol–water partition coefficient (Wildman–Crippen LogP) is 4.72. The molecule has 0 bridgehead atoms. The number of aromatic hydroxyl groups is 1. The minimum atomic E-state index is -0.572. The van der Waals surface area contributed by atoms with Gasteiger partial charge in [0.2, 0.25) is 0 Å². The zero-order valence-corrected chi connectivity index (χ0v) is 20.7. The molecule has 1 aliphatic carbocycles. The lowest BCUT2D eigenvalue weighted by Gasteiger charge is -2.37. The van der Waals surface area contributed by atoms with E-state index >= 15 is 0 Å². The summed E-state index contributed by atoms with van der Waals surface area (Å²) in [6, 6.07) is 12.4. The van der Waals surface area contributed by atoms with Gasteiger partial charge in [-0.2, -0.15) is 0 Å². The molecule has 2 aromatic rings. The monoisotopic (exact) mass is 477 g/mol. The Morgan fingerprint density at radius 3 is 2.29 bits per heavy atom. The molecule has 184 valence electrons. The van der Waals surface area contributed by atoms with Gasteiger partial charge in [0, 0.05) is 29.3 Å². The van der Waals surface area contributed by atoms with Crippen LogP contribution in [0.3, 0.4) is 0 Å². The van der Waals surface area contributed by atoms with Crippen LogP contribution in [0.5, 0.6) is 17.2 Å². The Hall–Kier alpha value is -3.74. The van der Waals surface area contributed by atoms with E-state index in [1.54, 1.807) is 52.3 Å². The van der Waals surface area contributed by atoms with E-state index in [0.717, 1.165) is 16.8 Å². The summed E-state index contributed by atoms with van der Waals surface area (Å²) in [5, 5.41) is 13.2. The van der Waals surface area contributed by atoms with E-state index in [0.29, 0.717) is 41.2 Å². The molecule has 2 aromatic carbocycles. The van der Waals surface area contributed by atoms with E-state index < -0.39 is 11.9 Å². The molecule has 4 rings (SSSR count). The van der Waals surface area contributed by atoms with Crippen LogP contribution in [0.4, 0.5) is 0 Å². The molecule has 0 spiro atoms. The van der Waals surface area contributed by atoms with Gasteiger partial charge in [-0.05, 0) is 68.5 Å². The van der Waals surface area contributed by atoms with Crippen molar-refractivity contribution in [2.45, 2.75) is 51.6 Å². The summed E-state index contributed by atoms with van der Waals surface area (Å²) >= 11 is 0. The number of dihydropyridines is 1. The van der Waals surface area contributed by atoms with Gasteiger partial charge in [-0.15, -0.1) is 0 Å². The molecule has 0 radical (unpaired) electrons. The van der Waals surface area contributed by atoms with E-state index in [1.165, 1.54) is 0 Å². The number of rotatable bonds is 6. The van der Waals surface area contributed by atoms with Crippen molar-refractivity contribution in [3.8, 4) is 17.2 Å². The van der Waals surface area contributed by atoms with Crippen molar-refractivity contribution in [1.29, 1.82) is 0 Å². The van der Waals surface area contributed by atoms with E-state index in [9.17, 15) is 14.7 Å². The number of ether oxygens (including phenoxy) is 3. The Morgan fingerprint density at radius 1 is 1.00 bits per heavy atom. The number of hydrogen-bond donors (Lipinski definition) is 2. The lowest BCUT2D eigenvalue weighted by molar-refractivity contribution is -0.143. The third-order valence-corrected chi connectivity index (χ3v) is 6.50. The van der Waals surface area contributed by atoms with Crippen LogP contribution in [-0.4, -0.2) is 37.2 Å². The lowest BCUT2D eigenvalue weighted by Crippen LogP contribution is -2.36. The Bertz CT molecular complexity index is 1210. The van der Waals surface area contributed by atoms with Crippen LogP contribution in [0.2, 0.25) is 0 Å². The summed E-state index contributed by atoms with van der Waals surface area (Å²) in [7, 11) is 3.18. The molecule has 2 atom stereocenters. The fourth-order valence-corrected chi connectivity index (χ4v) is 4.93. The molecular formula is C28H31NO6. The van der Waals surface area contributed by atoms with Crippen molar-refractivity contribution in [3.63, 3.8) is 0 Å². The molecule has 0 amide bonds. The third-order valence-electron chi connectivity index (χ3n) is 6.50. The fourth-order valence-electron chi connectivity index (χ4n) is 4.93. The van der Waals surface area contributed by atoms with Crippen molar-refractivity contribution < 1.29 is 28.9 Å². The molecule has 1 aliphatic heterocycles. The summed E-state index contributed by atoms with van der Waals surface area (Å²) in [5.41, 5.74) is 4.20. The first-order valence-electron chi connectivity index (χ1n) is 11.7. The van der Waals surface area contributed by atoms with Gasteiger partial charge < -0.3 is 24.6 Å². The van der Waals surface area contributed by atoms with Gasteiger partial charge >= 0.3 is 5.97 Å². The van der Waals surface area contributed by atoms with Gasteiger partial charge in [0.05, 0.1) is 25.9 Å². The number of carbonyl (C=O) groups is 2. The smallest absolute Gasteiger partial charge is 0.337 e. The second-order valence-electron chi connectivity index (χ2n) is 9.18. The summed E-state index contributed by atoms with van der Waals surface area (Å²) < 4.78 is 16.4. The standard InChI is InChI=1S/C28H31NO6/c1-15(2)35-28(32)25-16(3)29-21-12-19(18-8-11-23(33-4)24(14-18)34-5)13-22(31)27(21)26(25)17-6-9-20(30)10-7-17/h6-11,14-15,19,26,29-30H,12-13H2,1-5H3/t19-,26+/m0/s1. The van der Waals surface area contributed by atoms with Crippen LogP contribution < -0.4 is 14.8 Å². The maximum absolute atomic E-state index is 13.7. The minimum Gasteiger partial charge on any atom is -0.508 e. The average Bonchev–Trinajstić information content (AvgIpc) is 2.82. The van der Waals surface area contributed by atoms with E-state index in [1.807, 2.05) is 25.1 Å². The first kappa shape index (κ1) is 24.4. The maximum Gasteiger partial charge on any atom is 0.337 e. The number of methoxy groups -OCH3 is 2. The fraction of sp³-hybridized carbons (Fsp3) is 0.357. The van der Waals surface area contributed by atoms with E-state index in [4.69, 9.17) is 14.2 Å². The highest BCUT2D eigenvalue weighted by Gasteiger charge is 2.41. The lowest BCUT2D eigenvalue weighted by atomic mass is 9.71. The highest BCUT2D eigenvalue weighted by atomic mass is 16.5. The summed E-state index contributed by atoms with van der Waals surface area (Å²) in [5.74, 6) is 0.262. The first-order valence-corrected chi connectivity index (χ1v) is 11.7. The highest BCUT2D eigenvalue weighted by molar-refractivity contribution is 6.04. The largest absolute Gasteiger partial charge is 0.508 e. The third kappa shape index (κ3) is 4.76. The van der Waals surface area contributed by atoms with E-state index in [2.05, 4.69) is 5.32 Å². The van der Waals surface area contributed by atoms with Gasteiger partial charge in [-0.3, -0.25) is 4.79 Å². The molecule has 0 fully saturated rings. The molecule has 7 nitrogen and oxygen atoms in total. The van der Waals surface area contributed by atoms with Gasteiger partial charge in [0.1, 0.15) is 5.75 Å². The van der Waals surface area contributed by atoms with Crippen LogP contribution in [0.15, 0.2) is 65.0 Å². The highest BCUT2D eigenvalue weighted by Crippen LogP contribution is 2.46. The number of nitrogens with one attached hydrogen (secondary N) is 1. The maximum atomic E-state index is 13.7. The molecule has 0 unspecified atom stereocenters. The molecule has 7 heteroatoms. The molecule has 0 saturated carbocycles. The second-order valence-corrected chi connectivity index (χ2v) is 9.18. The first-order chi connectivity index (χ1) is 16.7. The van der Waals surface area contributed by atoms with Gasteiger partial charge in [0.15, 0.2) is 17.3 Å². The van der Waals surface area contributed by atoms with Crippen LogP contribution in [-0.2, 0) is 14.3 Å². The second kappa shape index (κ2) is 9.86. The summed E-state index contributed by atoms with van der Waals surface area (Å²) in [6.45, 7) is 5.42. The minimum absolute atomic E-state index is 0.0287. The van der Waals surface area contributed by atoms with Gasteiger partial charge in [-0.25, -0.2) is 4.79 Å². The van der Waals surface area contributed by atoms with Crippen LogP contribution in [0.1, 0.15) is 56.6 Å². The normalized spacial score (nSPS) is 19.9. The number of hydrogen-bond acceptors (Lipinski definition) is 7. The Balaban J connectivity index is 1.77. The molecule has 0 saturated heterocycles. The molecule has 0 aromatic heterocycles. The number of allylic oxidation sites excluding steroid dienone is 3. The Labute approximate surface area is 205 Å². The molecule has 2 N–H and O–H groups in total. The Kier molecular flexibility index (Phi) is 6.87. The number of benzene rings is 2. The topological polar surface area (TPSA) is 94.1 Å². The number of ketones is 1. The quantitative estimate of drug-likeness (QED) is 0.581. The van der Waals surface area contributed by atoms with Crippen molar-refractivity contribution in [3.05, 3.63) is 76.1 Å². The van der Waals surface area contributed by atoms with Crippen molar-refractivity contribution in [2.24, 2.45) is 0 Å². The predicted molar refractivity (Wildman–Crippen MR) is 131 cm³/mol. The number of Topliss-reactive ketones (excluding diaryl/α,β-unsaturated/α-hetero) is 1. The molecule has 2 aliphatic rings. The number of esters is 1. The van der Waals surface area contributed by atoms with Crippen LogP contribution in [0.25, 0.3) is 0 Å². The molecule has 1 heterocycles. The summed E-state index contributed by atoms with van der Waals surface area (Å²) in [4.78, 5) is 26.8. The Morgan fingerprint density at radius 2 is 1.66 bits per heavy atom. The van der Waals surface area contributed by atoms with Gasteiger partial charge in [0.25, 0.3) is 0 Å². The van der Waals surface area contributed by atoms with Gasteiger partial charge in [-0.1, -0.05) is 18.2 Å². The number of phenols is 1. The molecule has 35 heavy (non-hydrogen) atoms. The van der Waals surface area contributed by atoms with Crippen molar-refractivity contribution in [1.82, 2.24) is 5.32 Å². The van der Waals surface area contributed by atoms with Crippen molar-refractivity contribution in [2.75, 3.05) is 14.2 Å². The van der Waals surface area contributed by atoms with Crippen LogP contribution in [0, 0.1) is 0 Å². The zero-order valence-electron chi connectivity index (χ0n) is 20.7. The van der Waals surface area contributed by atoms with E-state index in [-0.39, 0.29) is 23.6 Å². The number of phenolic OH excluding ortho intramolecular Hbond substituents is 1. The number of carbonyl (C=O) groups excluding carboxylic acids is 2. The SMILES string of the molecule is COc1ccc([C@@H]2CC(=O)C3=C(C2)NC(C)=C(C(=O)OC(C)C)[C@H]3c2ccc(O)cc2)cc1OC. The average molecular weight is 478 g/mol. The summed E-state index contributed by atoms with van der Waals surface area (Å²) in [6.07, 6.45) is 0.612. The zero-order chi connectivity index (χ0) is 25.3. The van der Waals surface area contributed by atoms with Crippen LogP contribution >= 0.6 is 0 Å².